The third kappa shape index (κ3) is 4.75. The number of halogens is 1. The van der Waals surface area contributed by atoms with Crippen molar-refractivity contribution in [3.8, 4) is 0 Å². The number of anilines is 1. The maximum absolute atomic E-state index is 12.5. The Morgan fingerprint density at radius 2 is 1.77 bits per heavy atom. The van der Waals surface area contributed by atoms with E-state index in [1.807, 2.05) is 89.3 Å². The highest BCUT2D eigenvalue weighted by Crippen LogP contribution is 2.21. The lowest BCUT2D eigenvalue weighted by atomic mass is 10.1. The smallest absolute Gasteiger partial charge is 0.234 e. The number of carbonyl (C=O) groups excluding carboxylic acids is 1. The summed E-state index contributed by atoms with van der Waals surface area (Å²) < 4.78 is 3.83. The fourth-order valence-electron chi connectivity index (χ4n) is 3.00. The molecule has 0 bridgehead atoms. The lowest BCUT2D eigenvalue weighted by molar-refractivity contribution is -0.113. The van der Waals surface area contributed by atoms with Gasteiger partial charge in [-0.3, -0.25) is 9.47 Å². The number of aromatic nitrogens is 4. The fourth-order valence-corrected chi connectivity index (χ4v) is 3.88. The summed E-state index contributed by atoms with van der Waals surface area (Å²) in [5, 5.41) is 13.0. The molecule has 0 atom stereocenters. The minimum absolute atomic E-state index is 0.0874. The summed E-state index contributed by atoms with van der Waals surface area (Å²) in [4.78, 5) is 12.5. The van der Waals surface area contributed by atoms with Crippen LogP contribution in [-0.2, 0) is 11.2 Å². The molecule has 4 aromatic rings. The molecule has 2 heterocycles. The zero-order chi connectivity index (χ0) is 20.9. The van der Waals surface area contributed by atoms with Gasteiger partial charge in [-0.05, 0) is 48.4 Å². The van der Waals surface area contributed by atoms with Crippen LogP contribution in [0.2, 0.25) is 5.02 Å². The molecule has 1 amide bonds. The van der Waals surface area contributed by atoms with Gasteiger partial charge >= 0.3 is 0 Å². The van der Waals surface area contributed by atoms with Crippen molar-refractivity contribution in [2.24, 2.45) is 0 Å². The Bertz CT molecular complexity index is 1140. The van der Waals surface area contributed by atoms with Crippen molar-refractivity contribution in [3.05, 3.63) is 95.0 Å². The second kappa shape index (κ2) is 9.19. The van der Waals surface area contributed by atoms with Gasteiger partial charge in [0, 0.05) is 29.5 Å². The zero-order valence-corrected chi connectivity index (χ0v) is 17.9. The van der Waals surface area contributed by atoms with Gasteiger partial charge in [0.05, 0.1) is 5.75 Å². The topological polar surface area (TPSA) is 64.7 Å². The number of nitrogens with one attached hydrogen (secondary N) is 1. The van der Waals surface area contributed by atoms with E-state index in [-0.39, 0.29) is 11.7 Å². The Morgan fingerprint density at radius 3 is 2.50 bits per heavy atom. The zero-order valence-electron chi connectivity index (χ0n) is 16.3. The molecule has 6 nitrogen and oxygen atoms in total. The number of hydrogen-bond donors (Lipinski definition) is 1. The Kier molecular flexibility index (Phi) is 6.21. The molecule has 0 aliphatic heterocycles. The Morgan fingerprint density at radius 1 is 1.03 bits per heavy atom. The highest BCUT2D eigenvalue weighted by molar-refractivity contribution is 7.99. The molecule has 0 unspecified atom stereocenters. The first-order chi connectivity index (χ1) is 14.6. The van der Waals surface area contributed by atoms with Gasteiger partial charge in [-0.1, -0.05) is 53.7 Å². The van der Waals surface area contributed by atoms with Gasteiger partial charge in [0.1, 0.15) is 0 Å². The highest BCUT2D eigenvalue weighted by Gasteiger charge is 2.16. The summed E-state index contributed by atoms with van der Waals surface area (Å²) in [7, 11) is 0. The van der Waals surface area contributed by atoms with E-state index in [9.17, 15) is 4.79 Å². The second-order valence-corrected chi connectivity index (χ2v) is 8.11. The van der Waals surface area contributed by atoms with E-state index in [0.717, 1.165) is 22.6 Å². The molecular formula is C22H20ClN5OS. The van der Waals surface area contributed by atoms with Gasteiger partial charge in [0.25, 0.3) is 0 Å². The van der Waals surface area contributed by atoms with Gasteiger partial charge in [0.2, 0.25) is 11.1 Å². The maximum Gasteiger partial charge on any atom is 0.234 e. The summed E-state index contributed by atoms with van der Waals surface area (Å²) >= 11 is 7.34. The summed E-state index contributed by atoms with van der Waals surface area (Å²) in [5.41, 5.74) is 2.92. The van der Waals surface area contributed by atoms with Crippen LogP contribution in [0, 0.1) is 6.92 Å². The number of para-hydroxylation sites is 1. The van der Waals surface area contributed by atoms with E-state index in [4.69, 9.17) is 11.6 Å². The maximum atomic E-state index is 12.5. The van der Waals surface area contributed by atoms with Crippen LogP contribution in [0.25, 0.3) is 0 Å². The molecule has 0 spiro atoms. The number of thioether (sulfide) groups is 1. The summed E-state index contributed by atoms with van der Waals surface area (Å²) in [6, 6.07) is 19.2. The quantitative estimate of drug-likeness (QED) is 0.426. The minimum Gasteiger partial charge on any atom is -0.325 e. The van der Waals surface area contributed by atoms with E-state index >= 15 is 0 Å². The molecule has 8 heteroatoms. The molecule has 0 saturated heterocycles. The summed E-state index contributed by atoms with van der Waals surface area (Å²) in [5.74, 6) is 0.917. The van der Waals surface area contributed by atoms with Crippen LogP contribution in [0.4, 0.5) is 5.69 Å². The predicted octanol–water partition coefficient (Wildman–Crippen LogP) is 4.67. The van der Waals surface area contributed by atoms with Crippen molar-refractivity contribution in [1.82, 2.24) is 19.5 Å². The van der Waals surface area contributed by atoms with E-state index in [1.165, 1.54) is 11.8 Å². The third-order valence-corrected chi connectivity index (χ3v) is 5.69. The van der Waals surface area contributed by atoms with Crippen LogP contribution in [0.5, 0.6) is 0 Å². The number of nitrogens with zero attached hydrogens (tertiary/aromatic N) is 4. The normalized spacial score (nSPS) is 10.9. The van der Waals surface area contributed by atoms with E-state index in [2.05, 4.69) is 15.5 Å². The third-order valence-electron chi connectivity index (χ3n) is 4.52. The number of benzene rings is 2. The number of hydrogen-bond acceptors (Lipinski definition) is 4. The van der Waals surface area contributed by atoms with Crippen molar-refractivity contribution in [2.75, 3.05) is 11.1 Å². The molecular weight excluding hydrogens is 418 g/mol. The minimum atomic E-state index is -0.0874. The van der Waals surface area contributed by atoms with E-state index in [0.29, 0.717) is 16.6 Å². The first-order valence-electron chi connectivity index (χ1n) is 9.41. The second-order valence-electron chi connectivity index (χ2n) is 6.73. The van der Waals surface area contributed by atoms with Crippen LogP contribution in [0.1, 0.15) is 17.0 Å². The van der Waals surface area contributed by atoms with Gasteiger partial charge in [-0.25, -0.2) is 4.68 Å². The molecule has 4 rings (SSSR count). The van der Waals surface area contributed by atoms with Crippen LogP contribution in [-0.4, -0.2) is 31.2 Å². The monoisotopic (exact) mass is 437 g/mol. The molecule has 2 aromatic heterocycles. The van der Waals surface area contributed by atoms with Gasteiger partial charge < -0.3 is 5.32 Å². The van der Waals surface area contributed by atoms with Crippen LogP contribution in [0.3, 0.4) is 0 Å². The lowest BCUT2D eigenvalue weighted by Gasteiger charge is -2.12. The molecule has 0 fully saturated rings. The lowest BCUT2D eigenvalue weighted by Crippen LogP contribution is -2.17. The highest BCUT2D eigenvalue weighted by atomic mass is 35.5. The average molecular weight is 438 g/mol. The van der Waals surface area contributed by atoms with Gasteiger partial charge in [-0.15, -0.1) is 10.2 Å². The van der Waals surface area contributed by atoms with Crippen molar-refractivity contribution < 1.29 is 4.79 Å². The first-order valence-corrected chi connectivity index (χ1v) is 10.8. The first kappa shape index (κ1) is 20.3. The molecule has 0 radical (unpaired) electrons. The van der Waals surface area contributed by atoms with Gasteiger partial charge in [0.15, 0.2) is 5.82 Å². The van der Waals surface area contributed by atoms with Crippen LogP contribution < -0.4 is 5.32 Å². The number of rotatable bonds is 7. The van der Waals surface area contributed by atoms with Crippen molar-refractivity contribution in [1.29, 1.82) is 0 Å². The fraction of sp³-hybridized carbons (Fsp3) is 0.136. The number of aryl methyl sites for hydroxylation is 1. The van der Waals surface area contributed by atoms with Gasteiger partial charge in [-0.2, -0.15) is 0 Å². The largest absolute Gasteiger partial charge is 0.325 e. The average Bonchev–Trinajstić information content (AvgIpc) is 3.39. The van der Waals surface area contributed by atoms with Crippen molar-refractivity contribution in [3.63, 3.8) is 0 Å². The molecule has 1 N–H and O–H groups in total. The Labute approximate surface area is 183 Å². The molecule has 152 valence electrons. The van der Waals surface area contributed by atoms with E-state index in [1.54, 1.807) is 0 Å². The summed E-state index contributed by atoms with van der Waals surface area (Å²) in [6.07, 6.45) is 4.44. The number of amides is 1. The summed E-state index contributed by atoms with van der Waals surface area (Å²) in [6.45, 7) is 1.97. The number of carbonyl (C=O) groups is 1. The molecule has 30 heavy (non-hydrogen) atoms. The SMILES string of the molecule is Cc1ccccc1NC(=O)CSc1nnc(Cc2ccc(Cl)cc2)n1-n1cccc1. The Hall–Kier alpha value is -3.03. The van der Waals surface area contributed by atoms with E-state index < -0.39 is 0 Å². The standard InChI is InChI=1S/C22H20ClN5OS/c1-16-6-2-3-7-19(16)24-21(29)15-30-22-26-25-20(28(22)27-12-4-5-13-27)14-17-8-10-18(23)11-9-17/h2-13H,14-15H2,1H3,(H,24,29). The Balaban J connectivity index is 1.51. The predicted molar refractivity (Wildman–Crippen MR) is 120 cm³/mol. The molecule has 0 aliphatic carbocycles. The van der Waals surface area contributed by atoms with Crippen LogP contribution >= 0.6 is 23.4 Å². The molecule has 2 aromatic carbocycles. The molecule has 0 aliphatic rings. The molecule has 0 saturated carbocycles. The van der Waals surface area contributed by atoms with Crippen molar-refractivity contribution in [2.45, 2.75) is 18.5 Å². The van der Waals surface area contributed by atoms with Crippen LogP contribution in [0.15, 0.2) is 78.2 Å². The van der Waals surface area contributed by atoms with Crippen molar-refractivity contribution >= 4 is 35.0 Å².